The van der Waals surface area contributed by atoms with Crippen molar-refractivity contribution in [2.45, 2.75) is 13.8 Å². The lowest BCUT2D eigenvalue weighted by atomic mass is 9.99. The van der Waals surface area contributed by atoms with Gasteiger partial charge in [-0.15, -0.1) is 0 Å². The van der Waals surface area contributed by atoms with Gasteiger partial charge in [0.05, 0.1) is 11.1 Å². The Kier molecular flexibility index (Phi) is 5.76. The van der Waals surface area contributed by atoms with Gasteiger partial charge in [-0.2, -0.15) is 0 Å². The van der Waals surface area contributed by atoms with E-state index in [4.69, 9.17) is 4.74 Å². The number of rotatable bonds is 5. The van der Waals surface area contributed by atoms with Crippen LogP contribution in [-0.4, -0.2) is 11.9 Å². The summed E-state index contributed by atoms with van der Waals surface area (Å²) in [5, 5.41) is 0.910. The maximum Gasteiger partial charge on any atom is 0.137 e. The maximum absolute atomic E-state index is 13.0. The van der Waals surface area contributed by atoms with E-state index in [-0.39, 0.29) is 5.82 Å². The Labute approximate surface area is 113 Å². The molecular weight excluding hydrogens is 339 g/mol. The maximum atomic E-state index is 13.0. The molecule has 1 rings (SSSR count). The number of benzene rings is 1. The summed E-state index contributed by atoms with van der Waals surface area (Å²) >= 11 is 6.60. The van der Waals surface area contributed by atoms with E-state index in [1.54, 1.807) is 12.1 Å². The van der Waals surface area contributed by atoms with Crippen molar-refractivity contribution in [1.82, 2.24) is 0 Å². The topological polar surface area (TPSA) is 9.23 Å². The second-order valence-electron chi connectivity index (χ2n) is 4.05. The highest BCUT2D eigenvalue weighted by molar-refractivity contribution is 9.10. The molecule has 1 aromatic carbocycles. The average Bonchev–Trinajstić information content (AvgIpc) is 2.23. The fraction of sp³-hybridized carbons (Fsp3) is 0.500. The minimum atomic E-state index is -0.270. The smallest absolute Gasteiger partial charge is 0.137 e. The van der Waals surface area contributed by atoms with Crippen LogP contribution in [0, 0.1) is 17.7 Å². The van der Waals surface area contributed by atoms with Gasteiger partial charge in [-0.3, -0.25) is 0 Å². The third-order valence-corrected chi connectivity index (χ3v) is 3.94. The van der Waals surface area contributed by atoms with Crippen molar-refractivity contribution in [2.24, 2.45) is 11.8 Å². The van der Waals surface area contributed by atoms with Crippen LogP contribution in [0.2, 0.25) is 0 Å². The highest BCUT2D eigenvalue weighted by Crippen LogP contribution is 2.23. The molecule has 4 heteroatoms. The molecule has 1 nitrogen and oxygen atoms in total. The average molecular weight is 354 g/mol. The highest BCUT2D eigenvalue weighted by Gasteiger charge is 2.13. The van der Waals surface area contributed by atoms with E-state index in [2.05, 4.69) is 45.7 Å². The predicted molar refractivity (Wildman–Crippen MR) is 71.7 cm³/mol. The molecule has 0 aliphatic heterocycles. The summed E-state index contributed by atoms with van der Waals surface area (Å²) in [5.74, 6) is 1.44. The van der Waals surface area contributed by atoms with Crippen LogP contribution in [0.1, 0.15) is 13.8 Å². The molecule has 1 aromatic rings. The third kappa shape index (κ3) is 4.06. The quantitative estimate of drug-likeness (QED) is 0.701. The molecule has 90 valence electrons. The Bertz CT molecular complexity index is 342. The molecule has 0 heterocycles. The van der Waals surface area contributed by atoms with Gasteiger partial charge in [-0.25, -0.2) is 4.39 Å². The van der Waals surface area contributed by atoms with E-state index in [9.17, 15) is 4.39 Å². The standard InChI is InChI=1S/C12H15Br2FO/c1-8(2)9(6-13)7-16-10-3-4-12(15)11(14)5-10/h3-5,8-9H,6-7H2,1-2H3. The first kappa shape index (κ1) is 14.0. The molecule has 16 heavy (non-hydrogen) atoms. The van der Waals surface area contributed by atoms with Gasteiger partial charge < -0.3 is 4.74 Å². The second-order valence-corrected chi connectivity index (χ2v) is 5.55. The van der Waals surface area contributed by atoms with Gasteiger partial charge in [-0.1, -0.05) is 29.8 Å². The monoisotopic (exact) mass is 352 g/mol. The van der Waals surface area contributed by atoms with Gasteiger partial charge in [0.15, 0.2) is 0 Å². The molecule has 0 radical (unpaired) electrons. The van der Waals surface area contributed by atoms with Crippen molar-refractivity contribution < 1.29 is 9.13 Å². The van der Waals surface area contributed by atoms with Crippen LogP contribution in [0.25, 0.3) is 0 Å². The molecule has 1 unspecified atom stereocenters. The predicted octanol–water partition coefficient (Wildman–Crippen LogP) is 4.63. The first-order valence-electron chi connectivity index (χ1n) is 5.18. The van der Waals surface area contributed by atoms with Crippen molar-refractivity contribution in [2.75, 3.05) is 11.9 Å². The van der Waals surface area contributed by atoms with Crippen molar-refractivity contribution in [3.63, 3.8) is 0 Å². The van der Waals surface area contributed by atoms with E-state index >= 15 is 0 Å². The molecule has 0 N–H and O–H groups in total. The lowest BCUT2D eigenvalue weighted by Gasteiger charge is -2.18. The molecular formula is C12H15Br2FO. The summed E-state index contributed by atoms with van der Waals surface area (Å²) < 4.78 is 19.0. The van der Waals surface area contributed by atoms with Crippen molar-refractivity contribution >= 4 is 31.9 Å². The summed E-state index contributed by atoms with van der Waals surface area (Å²) in [6.45, 7) is 4.96. The summed E-state index contributed by atoms with van der Waals surface area (Å²) in [4.78, 5) is 0. The lowest BCUT2D eigenvalue weighted by molar-refractivity contribution is 0.227. The Morgan fingerprint density at radius 3 is 2.56 bits per heavy atom. The zero-order valence-electron chi connectivity index (χ0n) is 9.34. The minimum absolute atomic E-state index is 0.270. The molecule has 0 bridgehead atoms. The molecule has 1 atom stereocenters. The van der Waals surface area contributed by atoms with Crippen LogP contribution >= 0.6 is 31.9 Å². The zero-order valence-corrected chi connectivity index (χ0v) is 12.5. The number of ether oxygens (including phenoxy) is 1. The zero-order chi connectivity index (χ0) is 12.1. The molecule has 0 spiro atoms. The Morgan fingerprint density at radius 1 is 1.38 bits per heavy atom. The first-order chi connectivity index (χ1) is 7.54. The minimum Gasteiger partial charge on any atom is -0.493 e. The van der Waals surface area contributed by atoms with Crippen LogP contribution in [-0.2, 0) is 0 Å². The van der Waals surface area contributed by atoms with Crippen LogP contribution in [0.15, 0.2) is 22.7 Å². The SMILES string of the molecule is CC(C)C(CBr)COc1ccc(F)c(Br)c1. The van der Waals surface area contributed by atoms with Crippen molar-refractivity contribution in [1.29, 1.82) is 0 Å². The molecule has 0 saturated heterocycles. The van der Waals surface area contributed by atoms with Gasteiger partial charge in [0.2, 0.25) is 0 Å². The Balaban J connectivity index is 2.57. The second kappa shape index (κ2) is 6.60. The first-order valence-corrected chi connectivity index (χ1v) is 7.10. The largest absolute Gasteiger partial charge is 0.493 e. The normalized spacial score (nSPS) is 12.9. The summed E-state index contributed by atoms with van der Waals surface area (Å²) in [7, 11) is 0. The highest BCUT2D eigenvalue weighted by atomic mass is 79.9. The summed E-state index contributed by atoms with van der Waals surface area (Å²) in [5.41, 5.74) is 0. The van der Waals surface area contributed by atoms with Gasteiger partial charge in [-0.05, 0) is 40.0 Å². The van der Waals surface area contributed by atoms with Crippen LogP contribution in [0.3, 0.4) is 0 Å². The van der Waals surface area contributed by atoms with E-state index in [0.29, 0.717) is 28.7 Å². The summed E-state index contributed by atoms with van der Waals surface area (Å²) in [6, 6.07) is 4.70. The molecule has 0 aromatic heterocycles. The Hall–Kier alpha value is -0.0900. The van der Waals surface area contributed by atoms with Crippen molar-refractivity contribution in [3.8, 4) is 5.75 Å². The number of hydrogen-bond acceptors (Lipinski definition) is 1. The summed E-state index contributed by atoms with van der Waals surface area (Å²) in [6.07, 6.45) is 0. The van der Waals surface area contributed by atoms with E-state index < -0.39 is 0 Å². The molecule has 0 fully saturated rings. The third-order valence-electron chi connectivity index (χ3n) is 2.50. The fourth-order valence-electron chi connectivity index (χ4n) is 1.19. The lowest BCUT2D eigenvalue weighted by Crippen LogP contribution is -2.19. The van der Waals surface area contributed by atoms with Gasteiger partial charge in [0, 0.05) is 11.2 Å². The molecule has 0 aliphatic carbocycles. The fourth-order valence-corrected chi connectivity index (χ4v) is 2.48. The number of hydrogen-bond donors (Lipinski definition) is 0. The van der Waals surface area contributed by atoms with Crippen LogP contribution in [0.4, 0.5) is 4.39 Å². The molecule has 0 saturated carbocycles. The van der Waals surface area contributed by atoms with E-state index in [0.717, 1.165) is 5.33 Å². The van der Waals surface area contributed by atoms with Gasteiger partial charge in [0.1, 0.15) is 11.6 Å². The van der Waals surface area contributed by atoms with Crippen LogP contribution < -0.4 is 4.74 Å². The van der Waals surface area contributed by atoms with Crippen LogP contribution in [0.5, 0.6) is 5.75 Å². The number of alkyl halides is 1. The van der Waals surface area contributed by atoms with E-state index in [1.807, 2.05) is 0 Å². The van der Waals surface area contributed by atoms with E-state index in [1.165, 1.54) is 6.07 Å². The van der Waals surface area contributed by atoms with Gasteiger partial charge >= 0.3 is 0 Å². The molecule has 0 aliphatic rings. The number of halogens is 3. The van der Waals surface area contributed by atoms with Crippen molar-refractivity contribution in [3.05, 3.63) is 28.5 Å². The Morgan fingerprint density at radius 2 is 2.06 bits per heavy atom. The molecule has 0 amide bonds. The van der Waals surface area contributed by atoms with Gasteiger partial charge in [0.25, 0.3) is 0 Å².